The van der Waals surface area contributed by atoms with Crippen LogP contribution in [0, 0.1) is 6.92 Å². The lowest BCUT2D eigenvalue weighted by molar-refractivity contribution is -0.144. The van der Waals surface area contributed by atoms with Gasteiger partial charge in [0.2, 0.25) is 0 Å². The van der Waals surface area contributed by atoms with E-state index in [2.05, 4.69) is 9.71 Å². The van der Waals surface area contributed by atoms with Crippen LogP contribution in [0.5, 0.6) is 0 Å². The SMILES string of the molecule is CCOC(=O)C(C)c1csc(NS(=O)(=O)c2cccc(Cl)c2C)n1. The third-order valence-corrected chi connectivity index (χ3v) is 6.13. The molecule has 0 bridgehead atoms. The molecule has 0 saturated carbocycles. The average Bonchev–Trinajstić information content (AvgIpc) is 2.97. The van der Waals surface area contributed by atoms with E-state index in [4.69, 9.17) is 16.3 Å². The van der Waals surface area contributed by atoms with Crippen LogP contribution in [0.25, 0.3) is 0 Å². The Labute approximate surface area is 149 Å². The summed E-state index contributed by atoms with van der Waals surface area (Å²) in [7, 11) is -3.81. The molecule has 6 nitrogen and oxygen atoms in total. The third-order valence-electron chi connectivity index (χ3n) is 3.33. The quantitative estimate of drug-likeness (QED) is 0.764. The average molecular weight is 389 g/mol. The number of halogens is 1. The number of rotatable bonds is 6. The van der Waals surface area contributed by atoms with Gasteiger partial charge in [0.1, 0.15) is 0 Å². The fourth-order valence-electron chi connectivity index (χ4n) is 1.97. The minimum absolute atomic E-state index is 0.0881. The summed E-state index contributed by atoms with van der Waals surface area (Å²) in [4.78, 5) is 16.0. The number of ether oxygens (including phenoxy) is 1. The molecule has 2 rings (SSSR count). The van der Waals surface area contributed by atoms with Crippen LogP contribution < -0.4 is 4.72 Å². The number of hydrogen-bond donors (Lipinski definition) is 1. The molecule has 130 valence electrons. The smallest absolute Gasteiger partial charge is 0.314 e. The van der Waals surface area contributed by atoms with Crippen LogP contribution in [-0.2, 0) is 19.6 Å². The van der Waals surface area contributed by atoms with Gasteiger partial charge in [-0.3, -0.25) is 9.52 Å². The molecule has 1 heterocycles. The first-order valence-corrected chi connectivity index (χ1v) is 9.90. The molecular formula is C15H17ClN2O4S2. The second-order valence-electron chi connectivity index (χ2n) is 5.02. The fraction of sp³-hybridized carbons (Fsp3) is 0.333. The molecule has 1 aromatic heterocycles. The van der Waals surface area contributed by atoms with Crippen LogP contribution in [-0.4, -0.2) is 26.0 Å². The zero-order valence-corrected chi connectivity index (χ0v) is 15.8. The monoisotopic (exact) mass is 388 g/mol. The van der Waals surface area contributed by atoms with E-state index in [-0.39, 0.29) is 16.6 Å². The van der Waals surface area contributed by atoms with Gasteiger partial charge in [-0.2, -0.15) is 0 Å². The van der Waals surface area contributed by atoms with Crippen molar-refractivity contribution in [1.29, 1.82) is 0 Å². The number of carbonyl (C=O) groups excluding carboxylic acids is 1. The normalized spacial score (nSPS) is 12.7. The molecule has 0 amide bonds. The lowest BCUT2D eigenvalue weighted by Crippen LogP contribution is -2.15. The minimum Gasteiger partial charge on any atom is -0.465 e. The summed E-state index contributed by atoms with van der Waals surface area (Å²) < 4.78 is 32.3. The van der Waals surface area contributed by atoms with Gasteiger partial charge in [-0.15, -0.1) is 11.3 Å². The molecule has 9 heteroatoms. The summed E-state index contributed by atoms with van der Waals surface area (Å²) in [5.74, 6) is -0.963. The third kappa shape index (κ3) is 4.06. The zero-order valence-electron chi connectivity index (χ0n) is 13.4. The summed E-state index contributed by atoms with van der Waals surface area (Å²) in [6.07, 6.45) is 0. The Kier molecular flexibility index (Phi) is 5.84. The van der Waals surface area contributed by atoms with Gasteiger partial charge < -0.3 is 4.74 Å². The second kappa shape index (κ2) is 7.50. The van der Waals surface area contributed by atoms with Crippen LogP contribution in [0.2, 0.25) is 5.02 Å². The molecule has 0 fully saturated rings. The Morgan fingerprint density at radius 2 is 2.17 bits per heavy atom. The molecule has 0 aliphatic heterocycles. The molecule has 1 unspecified atom stereocenters. The Morgan fingerprint density at radius 1 is 1.46 bits per heavy atom. The fourth-order valence-corrected chi connectivity index (χ4v) is 4.52. The number of thiazole rings is 1. The largest absolute Gasteiger partial charge is 0.465 e. The predicted molar refractivity (Wildman–Crippen MR) is 94.2 cm³/mol. The van der Waals surface area contributed by atoms with Gasteiger partial charge in [-0.1, -0.05) is 17.7 Å². The van der Waals surface area contributed by atoms with Gasteiger partial charge in [0.15, 0.2) is 5.13 Å². The highest BCUT2D eigenvalue weighted by Crippen LogP contribution is 2.27. The number of sulfonamides is 1. The first-order chi connectivity index (χ1) is 11.3. The van der Waals surface area contributed by atoms with Crippen molar-refractivity contribution in [2.75, 3.05) is 11.3 Å². The van der Waals surface area contributed by atoms with E-state index in [0.717, 1.165) is 11.3 Å². The van der Waals surface area contributed by atoms with E-state index in [0.29, 0.717) is 16.3 Å². The molecule has 1 aromatic carbocycles. The Hall–Kier alpha value is -1.64. The van der Waals surface area contributed by atoms with Gasteiger partial charge in [-0.05, 0) is 38.5 Å². The molecule has 24 heavy (non-hydrogen) atoms. The molecule has 0 aliphatic rings. The number of hydrogen-bond acceptors (Lipinski definition) is 6. The van der Waals surface area contributed by atoms with E-state index in [1.54, 1.807) is 38.3 Å². The van der Waals surface area contributed by atoms with Crippen LogP contribution in [0.15, 0.2) is 28.5 Å². The maximum Gasteiger partial charge on any atom is 0.314 e. The molecule has 2 aromatic rings. The van der Waals surface area contributed by atoms with Crippen LogP contribution >= 0.6 is 22.9 Å². The van der Waals surface area contributed by atoms with Crippen molar-refractivity contribution in [3.05, 3.63) is 39.9 Å². The van der Waals surface area contributed by atoms with Crippen molar-refractivity contribution < 1.29 is 17.9 Å². The molecule has 1 N–H and O–H groups in total. The maximum atomic E-state index is 12.5. The van der Waals surface area contributed by atoms with Crippen molar-refractivity contribution in [2.45, 2.75) is 31.6 Å². The second-order valence-corrected chi connectivity index (χ2v) is 7.94. The highest BCUT2D eigenvalue weighted by atomic mass is 35.5. The first-order valence-electron chi connectivity index (χ1n) is 7.16. The number of nitrogens with one attached hydrogen (secondary N) is 1. The standard InChI is InChI=1S/C15H17ClN2O4S2/c1-4-22-14(19)10(3)12-8-23-15(17-12)18-24(20,21)13-7-5-6-11(16)9(13)2/h5-8,10H,4H2,1-3H3,(H,17,18). The van der Waals surface area contributed by atoms with E-state index in [1.807, 2.05) is 0 Å². The van der Waals surface area contributed by atoms with Crippen LogP contribution in [0.4, 0.5) is 5.13 Å². The highest BCUT2D eigenvalue weighted by Gasteiger charge is 2.23. The summed E-state index contributed by atoms with van der Waals surface area (Å²) >= 11 is 7.08. The number of benzene rings is 1. The van der Waals surface area contributed by atoms with Gasteiger partial charge in [-0.25, -0.2) is 13.4 Å². The first kappa shape index (κ1) is 18.7. The van der Waals surface area contributed by atoms with Crippen LogP contribution in [0.3, 0.4) is 0 Å². The summed E-state index contributed by atoms with van der Waals surface area (Å²) in [6, 6.07) is 4.66. The summed E-state index contributed by atoms with van der Waals surface area (Å²) in [5.41, 5.74) is 0.919. The molecular weight excluding hydrogens is 372 g/mol. The highest BCUT2D eigenvalue weighted by molar-refractivity contribution is 7.93. The van der Waals surface area contributed by atoms with E-state index < -0.39 is 21.9 Å². The number of esters is 1. The Bertz CT molecular complexity index is 849. The lowest BCUT2D eigenvalue weighted by Gasteiger charge is -2.09. The van der Waals surface area contributed by atoms with Gasteiger partial charge in [0.05, 0.1) is 23.1 Å². The van der Waals surface area contributed by atoms with Crippen LogP contribution in [0.1, 0.15) is 31.0 Å². The van der Waals surface area contributed by atoms with Gasteiger partial charge >= 0.3 is 5.97 Å². The van der Waals surface area contributed by atoms with Crippen molar-refractivity contribution >= 4 is 44.1 Å². The topological polar surface area (TPSA) is 85.4 Å². The maximum absolute atomic E-state index is 12.5. The molecule has 0 spiro atoms. The molecule has 0 aliphatic carbocycles. The van der Waals surface area contributed by atoms with Gasteiger partial charge in [0.25, 0.3) is 10.0 Å². The summed E-state index contributed by atoms with van der Waals surface area (Å²) in [6.45, 7) is 5.29. The lowest BCUT2D eigenvalue weighted by atomic mass is 10.1. The number of carbonyl (C=O) groups is 1. The van der Waals surface area contributed by atoms with Gasteiger partial charge in [0, 0.05) is 10.4 Å². The van der Waals surface area contributed by atoms with E-state index >= 15 is 0 Å². The van der Waals surface area contributed by atoms with Crippen molar-refractivity contribution in [3.8, 4) is 0 Å². The molecule has 0 saturated heterocycles. The number of anilines is 1. The predicted octanol–water partition coefficient (Wildman–Crippen LogP) is 3.57. The molecule has 1 atom stereocenters. The summed E-state index contributed by atoms with van der Waals surface area (Å²) in [5, 5.41) is 2.18. The zero-order chi connectivity index (χ0) is 17.9. The van der Waals surface area contributed by atoms with Crippen molar-refractivity contribution in [1.82, 2.24) is 4.98 Å². The molecule has 0 radical (unpaired) electrons. The number of aromatic nitrogens is 1. The van der Waals surface area contributed by atoms with E-state index in [1.165, 1.54) is 6.07 Å². The Balaban J connectivity index is 2.22. The van der Waals surface area contributed by atoms with Crippen molar-refractivity contribution in [3.63, 3.8) is 0 Å². The van der Waals surface area contributed by atoms with E-state index in [9.17, 15) is 13.2 Å². The number of nitrogens with zero attached hydrogens (tertiary/aromatic N) is 1. The Morgan fingerprint density at radius 3 is 2.83 bits per heavy atom. The minimum atomic E-state index is -3.81. The van der Waals surface area contributed by atoms with Crippen molar-refractivity contribution in [2.24, 2.45) is 0 Å².